The predicted molar refractivity (Wildman–Crippen MR) is 172 cm³/mol. The van der Waals surface area contributed by atoms with Crippen molar-refractivity contribution in [1.82, 2.24) is 15.1 Å². The van der Waals surface area contributed by atoms with E-state index in [4.69, 9.17) is 9.47 Å². The van der Waals surface area contributed by atoms with Gasteiger partial charge in [0.05, 0.1) is 31.1 Å². The molecule has 10 nitrogen and oxygen atoms in total. The molecule has 2 saturated heterocycles. The van der Waals surface area contributed by atoms with Crippen LogP contribution >= 0.6 is 0 Å². The van der Waals surface area contributed by atoms with Crippen molar-refractivity contribution < 1.29 is 28.2 Å². The standard InChI is InChI=1S/C35H44FN5O5/c1-3-4-30(33(43)37-22-42)41-18-27-26(34(41)44)6-8-29-32(27)46-19-24-17-38(13-14-40(24)29)16-23-9-11-35(12-10-23)20-39(21-35)31-15-25(45-2)5-7-28(31)36/h5-8,15,22-24,30H,3-4,9-14,16-21H2,1-2H3,(H,37,42,43). The number of piperazine rings is 1. The van der Waals surface area contributed by atoms with E-state index in [1.54, 1.807) is 18.1 Å². The van der Waals surface area contributed by atoms with Crippen molar-refractivity contribution in [3.8, 4) is 11.5 Å². The van der Waals surface area contributed by atoms with Gasteiger partial charge in [0.1, 0.15) is 30.0 Å². The molecule has 1 N–H and O–H groups in total. The number of carbonyl (C=O) groups is 3. The highest BCUT2D eigenvalue weighted by Crippen LogP contribution is 2.48. The van der Waals surface area contributed by atoms with Crippen LogP contribution in [0.2, 0.25) is 0 Å². The fourth-order valence-electron chi connectivity index (χ4n) is 8.54. The Kier molecular flexibility index (Phi) is 8.29. The second-order valence-electron chi connectivity index (χ2n) is 13.8. The normalized spacial score (nSPS) is 22.8. The number of rotatable bonds is 9. The van der Waals surface area contributed by atoms with Crippen LogP contribution in [0.1, 0.15) is 61.4 Å². The Labute approximate surface area is 269 Å². The summed E-state index contributed by atoms with van der Waals surface area (Å²) in [4.78, 5) is 45.7. The number of hydrogen-bond donors (Lipinski definition) is 1. The van der Waals surface area contributed by atoms with Gasteiger partial charge in [-0.05, 0) is 62.3 Å². The van der Waals surface area contributed by atoms with Crippen molar-refractivity contribution in [3.63, 3.8) is 0 Å². The van der Waals surface area contributed by atoms with Crippen LogP contribution in [0.15, 0.2) is 30.3 Å². The Balaban J connectivity index is 0.939. The summed E-state index contributed by atoms with van der Waals surface area (Å²) in [6, 6.07) is 8.39. The zero-order valence-electron chi connectivity index (χ0n) is 26.8. The molecule has 11 heteroatoms. The molecule has 3 fully saturated rings. The molecule has 0 radical (unpaired) electrons. The Morgan fingerprint density at radius 1 is 1.17 bits per heavy atom. The lowest BCUT2D eigenvalue weighted by Gasteiger charge is -2.55. The van der Waals surface area contributed by atoms with E-state index >= 15 is 0 Å². The molecule has 1 spiro atoms. The topological polar surface area (TPSA) is 94.7 Å². The number of ether oxygens (including phenoxy) is 2. The lowest BCUT2D eigenvalue weighted by atomic mass is 9.65. The second kappa shape index (κ2) is 12.4. The first-order valence-corrected chi connectivity index (χ1v) is 16.7. The molecule has 7 rings (SSSR count). The highest BCUT2D eigenvalue weighted by Gasteiger charge is 2.46. The number of anilines is 2. The third-order valence-electron chi connectivity index (χ3n) is 11.0. The van der Waals surface area contributed by atoms with Gasteiger partial charge in [-0.2, -0.15) is 0 Å². The molecule has 4 heterocycles. The van der Waals surface area contributed by atoms with Crippen LogP contribution in [0, 0.1) is 17.2 Å². The summed E-state index contributed by atoms with van der Waals surface area (Å²) in [5.74, 6) is 1.30. The van der Waals surface area contributed by atoms with Gasteiger partial charge in [0.15, 0.2) is 0 Å². The van der Waals surface area contributed by atoms with Crippen molar-refractivity contribution in [2.45, 2.75) is 64.1 Å². The van der Waals surface area contributed by atoms with Crippen LogP contribution in [0.4, 0.5) is 15.8 Å². The molecule has 0 bridgehead atoms. The predicted octanol–water partition coefficient (Wildman–Crippen LogP) is 3.81. The van der Waals surface area contributed by atoms with Gasteiger partial charge in [-0.1, -0.05) is 13.3 Å². The summed E-state index contributed by atoms with van der Waals surface area (Å²) < 4.78 is 26.2. The monoisotopic (exact) mass is 633 g/mol. The second-order valence-corrected chi connectivity index (χ2v) is 13.8. The Hall–Kier alpha value is -3.86. The number of imide groups is 1. The number of halogens is 1. The number of carbonyl (C=O) groups excluding carboxylic acids is 3. The van der Waals surface area contributed by atoms with E-state index in [0.717, 1.165) is 56.3 Å². The van der Waals surface area contributed by atoms with Crippen LogP contribution in [-0.2, 0) is 16.1 Å². The maximum atomic E-state index is 14.5. The number of methoxy groups -OCH3 is 1. The van der Waals surface area contributed by atoms with E-state index in [0.29, 0.717) is 60.7 Å². The van der Waals surface area contributed by atoms with Crippen molar-refractivity contribution in [1.29, 1.82) is 0 Å². The lowest BCUT2D eigenvalue weighted by Crippen LogP contribution is -2.59. The highest BCUT2D eigenvalue weighted by atomic mass is 19.1. The average molecular weight is 634 g/mol. The number of benzene rings is 2. The molecule has 46 heavy (non-hydrogen) atoms. The van der Waals surface area contributed by atoms with Crippen LogP contribution < -0.4 is 24.6 Å². The molecule has 4 aliphatic heterocycles. The van der Waals surface area contributed by atoms with E-state index in [2.05, 4.69) is 20.0 Å². The zero-order valence-corrected chi connectivity index (χ0v) is 26.8. The summed E-state index contributed by atoms with van der Waals surface area (Å²) in [6.45, 7) is 8.56. The molecule has 3 amide bonds. The zero-order chi connectivity index (χ0) is 32.0. The molecule has 2 atom stereocenters. The smallest absolute Gasteiger partial charge is 0.255 e. The first-order valence-electron chi connectivity index (χ1n) is 16.7. The molecular formula is C35H44FN5O5. The van der Waals surface area contributed by atoms with E-state index in [1.807, 2.05) is 25.1 Å². The van der Waals surface area contributed by atoms with Crippen molar-refractivity contribution in [2.24, 2.45) is 11.3 Å². The lowest BCUT2D eigenvalue weighted by molar-refractivity contribution is -0.129. The number of fused-ring (bicyclic) bond motifs is 5. The number of nitrogens with one attached hydrogen (secondary N) is 1. The highest BCUT2D eigenvalue weighted by molar-refractivity contribution is 6.03. The third-order valence-corrected chi connectivity index (χ3v) is 11.0. The fourth-order valence-corrected chi connectivity index (χ4v) is 8.54. The number of hydrogen-bond acceptors (Lipinski definition) is 8. The molecule has 1 aliphatic carbocycles. The fraction of sp³-hybridized carbons (Fsp3) is 0.571. The number of nitrogens with zero attached hydrogens (tertiary/aromatic N) is 4. The minimum absolute atomic E-state index is 0.182. The minimum atomic E-state index is -0.695. The maximum Gasteiger partial charge on any atom is 0.255 e. The molecule has 2 aromatic carbocycles. The van der Waals surface area contributed by atoms with Crippen molar-refractivity contribution >= 4 is 29.6 Å². The molecule has 5 aliphatic rings. The van der Waals surface area contributed by atoms with E-state index in [-0.39, 0.29) is 17.8 Å². The van der Waals surface area contributed by atoms with Gasteiger partial charge < -0.3 is 24.2 Å². The Bertz CT molecular complexity index is 1500. The maximum absolute atomic E-state index is 14.5. The third kappa shape index (κ3) is 5.46. The van der Waals surface area contributed by atoms with Crippen molar-refractivity contribution in [2.75, 3.05) is 62.8 Å². The van der Waals surface area contributed by atoms with Gasteiger partial charge >= 0.3 is 0 Å². The van der Waals surface area contributed by atoms with Crippen LogP contribution in [0.5, 0.6) is 11.5 Å². The van der Waals surface area contributed by atoms with Gasteiger partial charge in [0, 0.05) is 61.9 Å². The van der Waals surface area contributed by atoms with E-state index < -0.39 is 11.9 Å². The van der Waals surface area contributed by atoms with Gasteiger partial charge in [-0.15, -0.1) is 0 Å². The first kappa shape index (κ1) is 30.8. The van der Waals surface area contributed by atoms with Crippen LogP contribution in [-0.4, -0.2) is 93.1 Å². The van der Waals surface area contributed by atoms with E-state index in [9.17, 15) is 18.8 Å². The van der Waals surface area contributed by atoms with Crippen LogP contribution in [0.25, 0.3) is 0 Å². The summed E-state index contributed by atoms with van der Waals surface area (Å²) in [7, 11) is 1.62. The molecular weight excluding hydrogens is 589 g/mol. The van der Waals surface area contributed by atoms with Gasteiger partial charge in [-0.25, -0.2) is 4.39 Å². The van der Waals surface area contributed by atoms with Gasteiger partial charge in [0.25, 0.3) is 5.91 Å². The van der Waals surface area contributed by atoms with Crippen molar-refractivity contribution in [3.05, 3.63) is 47.3 Å². The summed E-state index contributed by atoms with van der Waals surface area (Å²) in [5.41, 5.74) is 3.39. The molecule has 2 aromatic rings. The summed E-state index contributed by atoms with van der Waals surface area (Å²) in [5, 5.41) is 2.23. The van der Waals surface area contributed by atoms with Gasteiger partial charge in [0.2, 0.25) is 12.3 Å². The summed E-state index contributed by atoms with van der Waals surface area (Å²) >= 11 is 0. The molecule has 1 saturated carbocycles. The summed E-state index contributed by atoms with van der Waals surface area (Å²) in [6.07, 6.45) is 6.37. The molecule has 0 aromatic heterocycles. The van der Waals surface area contributed by atoms with Gasteiger partial charge in [-0.3, -0.25) is 24.6 Å². The SMILES string of the molecule is CCCC(C(=O)NC=O)N1Cc2c(ccc3c2OCC2CN(CC4CCC5(CC4)CN(c4cc(OC)ccc4F)C5)CCN32)C1=O. The Morgan fingerprint density at radius 3 is 2.72 bits per heavy atom. The molecule has 246 valence electrons. The Morgan fingerprint density at radius 2 is 1.98 bits per heavy atom. The minimum Gasteiger partial charge on any atom is -0.497 e. The quantitative estimate of drug-likeness (QED) is 0.417. The first-order chi connectivity index (χ1) is 22.3. The largest absolute Gasteiger partial charge is 0.497 e. The van der Waals surface area contributed by atoms with E-state index in [1.165, 1.54) is 31.7 Å². The van der Waals surface area contributed by atoms with Crippen LogP contribution in [0.3, 0.4) is 0 Å². The number of amides is 3. The average Bonchev–Trinajstić information content (AvgIpc) is 3.39. The molecule has 2 unspecified atom stereocenters.